The summed E-state index contributed by atoms with van der Waals surface area (Å²) in [7, 11) is -2.09. The summed E-state index contributed by atoms with van der Waals surface area (Å²) in [5, 5.41) is 2.89. The van der Waals surface area contributed by atoms with E-state index in [0.717, 1.165) is 12.3 Å². The molecule has 2 rings (SSSR count). The van der Waals surface area contributed by atoms with Gasteiger partial charge < -0.3 is 5.32 Å². The molecular weight excluding hydrogens is 300 g/mol. The van der Waals surface area contributed by atoms with Gasteiger partial charge in [0.15, 0.2) is 0 Å². The summed E-state index contributed by atoms with van der Waals surface area (Å²) in [6, 6.07) is 5.96. The van der Waals surface area contributed by atoms with E-state index in [2.05, 4.69) is 10.0 Å². The third-order valence-corrected chi connectivity index (χ3v) is 5.68. The van der Waals surface area contributed by atoms with E-state index in [0.29, 0.717) is 12.1 Å². The summed E-state index contributed by atoms with van der Waals surface area (Å²) in [5.41, 5.74) is 0.482. The fraction of sp³-hybridized carbons (Fsp3) is 0.562. The van der Waals surface area contributed by atoms with Crippen LogP contribution in [0, 0.1) is 5.92 Å². The van der Waals surface area contributed by atoms with Crippen molar-refractivity contribution in [3.05, 3.63) is 29.8 Å². The maximum Gasteiger partial charge on any atom is 0.251 e. The second kappa shape index (κ2) is 7.74. The number of nitrogens with one attached hydrogen (secondary N) is 2. The van der Waals surface area contributed by atoms with Gasteiger partial charge in [0.1, 0.15) is 0 Å². The van der Waals surface area contributed by atoms with E-state index in [1.165, 1.54) is 63.4 Å². The van der Waals surface area contributed by atoms with Gasteiger partial charge in [0.05, 0.1) is 4.90 Å². The Balaban J connectivity index is 1.79. The van der Waals surface area contributed by atoms with E-state index in [4.69, 9.17) is 0 Å². The van der Waals surface area contributed by atoms with Crippen molar-refractivity contribution in [1.29, 1.82) is 0 Å². The van der Waals surface area contributed by atoms with Gasteiger partial charge in [0.25, 0.3) is 5.91 Å². The first kappa shape index (κ1) is 17.0. The van der Waals surface area contributed by atoms with Gasteiger partial charge in [-0.3, -0.25) is 4.79 Å². The third kappa shape index (κ3) is 4.55. The number of hydrogen-bond donors (Lipinski definition) is 2. The molecule has 22 heavy (non-hydrogen) atoms. The number of benzene rings is 1. The van der Waals surface area contributed by atoms with Gasteiger partial charge in [-0.2, -0.15) is 0 Å². The Morgan fingerprint density at radius 2 is 1.82 bits per heavy atom. The molecule has 1 aliphatic carbocycles. The van der Waals surface area contributed by atoms with Gasteiger partial charge in [0.2, 0.25) is 10.0 Å². The van der Waals surface area contributed by atoms with Crippen LogP contribution in [0.2, 0.25) is 0 Å². The third-order valence-electron chi connectivity index (χ3n) is 4.24. The molecule has 1 amide bonds. The van der Waals surface area contributed by atoms with E-state index in [1.807, 2.05) is 0 Å². The molecular formula is C16H24N2O3S. The molecule has 1 aliphatic rings. The van der Waals surface area contributed by atoms with Crippen molar-refractivity contribution in [2.75, 3.05) is 13.6 Å². The summed E-state index contributed by atoms with van der Waals surface area (Å²) in [5.74, 6) is 0.683. The Morgan fingerprint density at radius 3 is 2.41 bits per heavy atom. The van der Waals surface area contributed by atoms with Crippen molar-refractivity contribution in [3.8, 4) is 0 Å². The average molecular weight is 324 g/mol. The lowest BCUT2D eigenvalue weighted by molar-refractivity contribution is 0.0952. The zero-order valence-corrected chi connectivity index (χ0v) is 13.8. The molecule has 122 valence electrons. The lowest BCUT2D eigenvalue weighted by Gasteiger charge is -2.09. The molecule has 0 radical (unpaired) electrons. The van der Waals surface area contributed by atoms with E-state index in [1.54, 1.807) is 0 Å². The molecule has 0 aliphatic heterocycles. The number of rotatable bonds is 7. The number of amides is 1. The van der Waals surface area contributed by atoms with Crippen LogP contribution >= 0.6 is 0 Å². The number of carbonyl (C=O) groups excluding carboxylic acids is 1. The second-order valence-corrected chi connectivity index (χ2v) is 7.67. The molecule has 1 aromatic carbocycles. The SMILES string of the molecule is CNS(=O)(=O)c1ccc(C(=O)NCCCC2CCCC2)cc1. The quantitative estimate of drug-likeness (QED) is 0.756. The molecule has 0 bridgehead atoms. The molecule has 0 spiro atoms. The lowest BCUT2D eigenvalue weighted by Crippen LogP contribution is -2.25. The van der Waals surface area contributed by atoms with Crippen LogP contribution in [-0.4, -0.2) is 27.9 Å². The number of sulfonamides is 1. The van der Waals surface area contributed by atoms with Crippen molar-refractivity contribution in [2.45, 2.75) is 43.4 Å². The second-order valence-electron chi connectivity index (χ2n) is 5.78. The number of hydrogen-bond acceptors (Lipinski definition) is 3. The van der Waals surface area contributed by atoms with Crippen LogP contribution < -0.4 is 10.0 Å². The maximum absolute atomic E-state index is 12.0. The highest BCUT2D eigenvalue weighted by Gasteiger charge is 2.15. The summed E-state index contributed by atoms with van der Waals surface area (Å²) in [6.07, 6.45) is 7.53. The van der Waals surface area contributed by atoms with Crippen molar-refractivity contribution >= 4 is 15.9 Å². The van der Waals surface area contributed by atoms with E-state index < -0.39 is 10.0 Å². The van der Waals surface area contributed by atoms with Crippen LogP contribution in [0.3, 0.4) is 0 Å². The Bertz CT molecular complexity index is 590. The highest BCUT2D eigenvalue weighted by molar-refractivity contribution is 7.89. The van der Waals surface area contributed by atoms with Crippen LogP contribution in [0.5, 0.6) is 0 Å². The van der Waals surface area contributed by atoms with E-state index in [9.17, 15) is 13.2 Å². The predicted molar refractivity (Wildman–Crippen MR) is 86.2 cm³/mol. The normalized spacial score (nSPS) is 15.9. The summed E-state index contributed by atoms with van der Waals surface area (Å²) < 4.78 is 25.5. The summed E-state index contributed by atoms with van der Waals surface area (Å²) in [4.78, 5) is 12.2. The van der Waals surface area contributed by atoms with Crippen molar-refractivity contribution in [2.24, 2.45) is 5.92 Å². The Hall–Kier alpha value is -1.40. The maximum atomic E-state index is 12.0. The average Bonchev–Trinajstić information content (AvgIpc) is 3.05. The molecule has 1 fully saturated rings. The topological polar surface area (TPSA) is 75.3 Å². The fourth-order valence-electron chi connectivity index (χ4n) is 2.90. The molecule has 0 heterocycles. The minimum absolute atomic E-state index is 0.153. The fourth-order valence-corrected chi connectivity index (χ4v) is 3.63. The first-order chi connectivity index (χ1) is 10.5. The smallest absolute Gasteiger partial charge is 0.251 e. The molecule has 5 nitrogen and oxygen atoms in total. The minimum atomic E-state index is -3.45. The van der Waals surface area contributed by atoms with Crippen molar-refractivity contribution in [3.63, 3.8) is 0 Å². The Kier molecular flexibility index (Phi) is 5.97. The zero-order valence-electron chi connectivity index (χ0n) is 13.0. The standard InChI is InChI=1S/C16H24N2O3S/c1-17-22(20,21)15-10-8-14(9-11-15)16(19)18-12-4-7-13-5-2-3-6-13/h8-11,13,17H,2-7,12H2,1H3,(H,18,19). The van der Waals surface area contributed by atoms with Gasteiger partial charge in [-0.15, -0.1) is 0 Å². The molecule has 0 unspecified atom stereocenters. The van der Waals surface area contributed by atoms with Crippen LogP contribution in [-0.2, 0) is 10.0 Å². The Labute approximate surface area is 132 Å². The van der Waals surface area contributed by atoms with Gasteiger partial charge in [-0.05, 0) is 50.1 Å². The van der Waals surface area contributed by atoms with Crippen molar-refractivity contribution < 1.29 is 13.2 Å². The van der Waals surface area contributed by atoms with Crippen LogP contribution in [0.15, 0.2) is 29.2 Å². The lowest BCUT2D eigenvalue weighted by atomic mass is 10.0. The van der Waals surface area contributed by atoms with Crippen LogP contribution in [0.25, 0.3) is 0 Å². The molecule has 1 saturated carbocycles. The minimum Gasteiger partial charge on any atom is -0.352 e. The molecule has 0 atom stereocenters. The molecule has 0 aromatic heterocycles. The molecule has 0 saturated heterocycles. The van der Waals surface area contributed by atoms with Crippen LogP contribution in [0.1, 0.15) is 48.9 Å². The van der Waals surface area contributed by atoms with Gasteiger partial charge >= 0.3 is 0 Å². The Morgan fingerprint density at radius 1 is 1.18 bits per heavy atom. The van der Waals surface area contributed by atoms with Gasteiger partial charge in [0, 0.05) is 12.1 Å². The van der Waals surface area contributed by atoms with Crippen molar-refractivity contribution in [1.82, 2.24) is 10.0 Å². The molecule has 2 N–H and O–H groups in total. The first-order valence-corrected chi connectivity index (χ1v) is 9.33. The highest BCUT2D eigenvalue weighted by atomic mass is 32.2. The number of carbonyl (C=O) groups is 1. The summed E-state index contributed by atoms with van der Waals surface area (Å²) in [6.45, 7) is 0.673. The highest BCUT2D eigenvalue weighted by Crippen LogP contribution is 2.28. The molecule has 1 aromatic rings. The largest absolute Gasteiger partial charge is 0.352 e. The predicted octanol–water partition coefficient (Wildman–Crippen LogP) is 2.29. The zero-order chi connectivity index (χ0) is 16.0. The molecule has 6 heteroatoms. The summed E-state index contributed by atoms with van der Waals surface area (Å²) >= 11 is 0. The monoisotopic (exact) mass is 324 g/mol. The first-order valence-electron chi connectivity index (χ1n) is 7.85. The van der Waals surface area contributed by atoms with Gasteiger partial charge in [-0.25, -0.2) is 13.1 Å². The van der Waals surface area contributed by atoms with E-state index in [-0.39, 0.29) is 10.8 Å². The van der Waals surface area contributed by atoms with Crippen LogP contribution in [0.4, 0.5) is 0 Å². The van der Waals surface area contributed by atoms with E-state index >= 15 is 0 Å². The van der Waals surface area contributed by atoms with Gasteiger partial charge in [-0.1, -0.05) is 25.7 Å².